The lowest BCUT2D eigenvalue weighted by Crippen LogP contribution is -2.47. The minimum absolute atomic E-state index is 0.332. The highest BCUT2D eigenvalue weighted by Crippen LogP contribution is 2.21. The molecule has 7 nitrogen and oxygen atoms in total. The van der Waals surface area contributed by atoms with Crippen LogP contribution in [0.4, 0.5) is 17.3 Å². The quantitative estimate of drug-likeness (QED) is 0.863. The Balaban J connectivity index is 1.67. The van der Waals surface area contributed by atoms with Crippen LogP contribution in [0.15, 0.2) is 30.7 Å². The lowest BCUT2D eigenvalue weighted by molar-refractivity contribution is 0.641. The Morgan fingerprint density at radius 3 is 2.43 bits per heavy atom. The highest BCUT2D eigenvalue weighted by Gasteiger charge is 2.20. The Kier molecular flexibility index (Phi) is 3.51. The molecule has 1 fully saturated rings. The van der Waals surface area contributed by atoms with Crippen molar-refractivity contribution in [2.75, 3.05) is 41.7 Å². The number of piperazine rings is 1. The van der Waals surface area contributed by atoms with Crippen LogP contribution in [0.25, 0.3) is 0 Å². The van der Waals surface area contributed by atoms with E-state index < -0.39 is 0 Å². The molecule has 3 heterocycles. The Morgan fingerprint density at radius 1 is 1.05 bits per heavy atom. The first kappa shape index (κ1) is 13.1. The summed E-state index contributed by atoms with van der Waals surface area (Å²) in [4.78, 5) is 17.0. The zero-order valence-electron chi connectivity index (χ0n) is 11.5. The summed E-state index contributed by atoms with van der Waals surface area (Å²) in [6.07, 6.45) is 4.89. The number of nitriles is 1. The molecule has 106 valence electrons. The molecule has 0 spiro atoms. The standard InChI is InChI=1S/C14H15N7/c15-8-11-9-19-13(10-18-11)20-4-6-21(7-5-20)14-12(16)2-1-3-17-14/h1-3,9-10H,4-7,16H2. The van der Waals surface area contributed by atoms with Gasteiger partial charge in [0.1, 0.15) is 11.9 Å². The van der Waals surface area contributed by atoms with E-state index in [4.69, 9.17) is 11.0 Å². The second-order valence-corrected chi connectivity index (χ2v) is 4.76. The zero-order valence-corrected chi connectivity index (χ0v) is 11.5. The van der Waals surface area contributed by atoms with Crippen molar-refractivity contribution >= 4 is 17.3 Å². The van der Waals surface area contributed by atoms with Gasteiger partial charge >= 0.3 is 0 Å². The molecule has 0 radical (unpaired) electrons. The number of anilines is 3. The van der Waals surface area contributed by atoms with Crippen molar-refractivity contribution in [1.82, 2.24) is 15.0 Å². The minimum Gasteiger partial charge on any atom is -0.396 e. The Bertz CT molecular complexity index is 654. The van der Waals surface area contributed by atoms with Crippen LogP contribution in [0.2, 0.25) is 0 Å². The Labute approximate surface area is 122 Å². The van der Waals surface area contributed by atoms with Gasteiger partial charge in [-0.15, -0.1) is 0 Å². The fourth-order valence-electron chi connectivity index (χ4n) is 2.36. The monoisotopic (exact) mass is 281 g/mol. The van der Waals surface area contributed by atoms with E-state index in [0.29, 0.717) is 11.4 Å². The van der Waals surface area contributed by atoms with E-state index in [9.17, 15) is 0 Å². The molecule has 0 saturated carbocycles. The zero-order chi connectivity index (χ0) is 14.7. The summed E-state index contributed by atoms with van der Waals surface area (Å²) in [6.45, 7) is 3.28. The van der Waals surface area contributed by atoms with Crippen molar-refractivity contribution in [2.45, 2.75) is 0 Å². The van der Waals surface area contributed by atoms with Crippen LogP contribution in [0.1, 0.15) is 5.69 Å². The van der Waals surface area contributed by atoms with Gasteiger partial charge in [0.05, 0.1) is 18.1 Å². The predicted octanol–water partition coefficient (Wildman–Crippen LogP) is 0.652. The minimum atomic E-state index is 0.332. The second kappa shape index (κ2) is 5.63. The van der Waals surface area contributed by atoms with E-state index in [1.807, 2.05) is 18.2 Å². The maximum atomic E-state index is 8.73. The van der Waals surface area contributed by atoms with Gasteiger partial charge in [0.15, 0.2) is 11.5 Å². The van der Waals surface area contributed by atoms with Crippen LogP contribution in [-0.2, 0) is 0 Å². The molecule has 1 saturated heterocycles. The predicted molar refractivity (Wildman–Crippen MR) is 79.8 cm³/mol. The molecule has 21 heavy (non-hydrogen) atoms. The Hall–Kier alpha value is -2.88. The van der Waals surface area contributed by atoms with E-state index in [0.717, 1.165) is 37.8 Å². The largest absolute Gasteiger partial charge is 0.396 e. The fraction of sp³-hybridized carbons (Fsp3) is 0.286. The van der Waals surface area contributed by atoms with Gasteiger partial charge in [-0.25, -0.2) is 15.0 Å². The molecule has 0 aliphatic carbocycles. The molecule has 1 aliphatic rings. The van der Waals surface area contributed by atoms with Gasteiger partial charge in [0.25, 0.3) is 0 Å². The van der Waals surface area contributed by atoms with Crippen LogP contribution < -0.4 is 15.5 Å². The first-order valence-corrected chi connectivity index (χ1v) is 6.70. The van der Waals surface area contributed by atoms with Crippen LogP contribution in [0.5, 0.6) is 0 Å². The fourth-order valence-corrected chi connectivity index (χ4v) is 2.36. The van der Waals surface area contributed by atoms with Crippen LogP contribution in [0.3, 0.4) is 0 Å². The highest BCUT2D eigenvalue weighted by molar-refractivity contribution is 5.62. The molecule has 2 aromatic heterocycles. The smallest absolute Gasteiger partial charge is 0.158 e. The van der Waals surface area contributed by atoms with E-state index >= 15 is 0 Å². The summed E-state index contributed by atoms with van der Waals surface area (Å²) in [5.74, 6) is 1.63. The number of nitrogen functional groups attached to an aromatic ring is 1. The van der Waals surface area contributed by atoms with E-state index in [1.54, 1.807) is 12.4 Å². The third-order valence-corrected chi connectivity index (χ3v) is 3.47. The molecule has 3 rings (SSSR count). The summed E-state index contributed by atoms with van der Waals surface area (Å²) >= 11 is 0. The van der Waals surface area contributed by atoms with Crippen molar-refractivity contribution < 1.29 is 0 Å². The van der Waals surface area contributed by atoms with Crippen molar-refractivity contribution in [1.29, 1.82) is 5.26 Å². The average molecular weight is 281 g/mol. The van der Waals surface area contributed by atoms with E-state index in [-0.39, 0.29) is 0 Å². The topological polar surface area (TPSA) is 95.0 Å². The molecular formula is C14H15N7. The first-order chi connectivity index (χ1) is 10.3. The summed E-state index contributed by atoms with van der Waals surface area (Å²) in [7, 11) is 0. The number of nitrogens with zero attached hydrogens (tertiary/aromatic N) is 6. The van der Waals surface area contributed by atoms with Gasteiger partial charge < -0.3 is 15.5 Å². The van der Waals surface area contributed by atoms with Gasteiger partial charge in [0, 0.05) is 32.4 Å². The molecule has 0 bridgehead atoms. The lowest BCUT2D eigenvalue weighted by atomic mass is 10.3. The van der Waals surface area contributed by atoms with Crippen molar-refractivity contribution in [3.05, 3.63) is 36.4 Å². The van der Waals surface area contributed by atoms with E-state index in [1.165, 1.54) is 6.20 Å². The summed E-state index contributed by atoms with van der Waals surface area (Å²) < 4.78 is 0. The molecular weight excluding hydrogens is 266 g/mol. The average Bonchev–Trinajstić information content (AvgIpc) is 2.56. The highest BCUT2D eigenvalue weighted by atomic mass is 15.3. The first-order valence-electron chi connectivity index (χ1n) is 6.70. The van der Waals surface area contributed by atoms with Crippen molar-refractivity contribution in [3.63, 3.8) is 0 Å². The van der Waals surface area contributed by atoms with Gasteiger partial charge in [-0.2, -0.15) is 5.26 Å². The second-order valence-electron chi connectivity index (χ2n) is 4.76. The third-order valence-electron chi connectivity index (χ3n) is 3.47. The summed E-state index contributed by atoms with van der Waals surface area (Å²) in [5, 5.41) is 8.73. The molecule has 2 aromatic rings. The van der Waals surface area contributed by atoms with Gasteiger partial charge in [-0.05, 0) is 12.1 Å². The number of hydrogen-bond donors (Lipinski definition) is 1. The molecule has 0 atom stereocenters. The molecule has 0 unspecified atom stereocenters. The summed E-state index contributed by atoms with van der Waals surface area (Å²) in [5.41, 5.74) is 6.99. The maximum absolute atomic E-state index is 8.73. The molecule has 0 amide bonds. The molecule has 7 heteroatoms. The van der Waals surface area contributed by atoms with Crippen molar-refractivity contribution in [3.8, 4) is 6.07 Å². The number of nitrogens with two attached hydrogens (primary N) is 1. The SMILES string of the molecule is N#Cc1cnc(N2CCN(c3ncccc3N)CC2)cn1. The Morgan fingerprint density at radius 2 is 1.81 bits per heavy atom. The van der Waals surface area contributed by atoms with Crippen LogP contribution in [0, 0.1) is 11.3 Å². The van der Waals surface area contributed by atoms with Crippen LogP contribution in [-0.4, -0.2) is 41.1 Å². The maximum Gasteiger partial charge on any atom is 0.158 e. The van der Waals surface area contributed by atoms with E-state index in [2.05, 4.69) is 24.8 Å². The van der Waals surface area contributed by atoms with Crippen molar-refractivity contribution in [2.24, 2.45) is 0 Å². The number of pyridine rings is 1. The third kappa shape index (κ3) is 2.69. The normalized spacial score (nSPS) is 14.8. The molecule has 0 aromatic carbocycles. The molecule has 2 N–H and O–H groups in total. The number of rotatable bonds is 2. The molecule has 1 aliphatic heterocycles. The van der Waals surface area contributed by atoms with Crippen LogP contribution >= 0.6 is 0 Å². The van der Waals surface area contributed by atoms with Gasteiger partial charge in [-0.1, -0.05) is 0 Å². The lowest BCUT2D eigenvalue weighted by Gasteiger charge is -2.36. The van der Waals surface area contributed by atoms with Gasteiger partial charge in [-0.3, -0.25) is 0 Å². The summed E-state index contributed by atoms with van der Waals surface area (Å²) in [6, 6.07) is 5.67. The number of hydrogen-bond acceptors (Lipinski definition) is 7. The number of aromatic nitrogens is 3. The van der Waals surface area contributed by atoms with Gasteiger partial charge in [0.2, 0.25) is 0 Å².